The summed E-state index contributed by atoms with van der Waals surface area (Å²) in [7, 11) is 1.56. The molecule has 1 aromatic heterocycles. The maximum Gasteiger partial charge on any atom is 0.251 e. The van der Waals surface area contributed by atoms with Crippen LogP contribution in [0.15, 0.2) is 67.0 Å². The van der Waals surface area contributed by atoms with E-state index in [4.69, 9.17) is 19.9 Å². The fourth-order valence-electron chi connectivity index (χ4n) is 4.28. The molecule has 38 heavy (non-hydrogen) atoms. The summed E-state index contributed by atoms with van der Waals surface area (Å²) in [4.78, 5) is 23.7. The molecule has 1 fully saturated rings. The van der Waals surface area contributed by atoms with E-state index in [1.165, 1.54) is 6.33 Å². The summed E-state index contributed by atoms with van der Waals surface area (Å²) < 4.78 is 16.9. The zero-order valence-corrected chi connectivity index (χ0v) is 21.1. The third kappa shape index (κ3) is 6.10. The van der Waals surface area contributed by atoms with Gasteiger partial charge in [0, 0.05) is 66.0 Å². The molecule has 10 nitrogen and oxygen atoms in total. The molecule has 5 rings (SSSR count). The standard InChI is InChI=1S/C28H30N6O4/c1-36-21-15-19(28(35)30-8-9-34-10-12-37-13-11-34)14-20(16-21)33-26-17-27(32-18-31-26)38-25-7-6-24(29)22-4-2-3-5-23(22)25/h2-7,14-18H,8-13,29H2,1H3,(H,30,35)(H,31,32,33). The Morgan fingerprint density at radius 2 is 1.87 bits per heavy atom. The van der Waals surface area contributed by atoms with E-state index in [1.54, 1.807) is 31.4 Å². The Balaban J connectivity index is 1.28. The molecule has 1 saturated heterocycles. The molecule has 1 amide bonds. The second-order valence-corrected chi connectivity index (χ2v) is 8.83. The Hall–Kier alpha value is -4.41. The minimum Gasteiger partial charge on any atom is -0.497 e. The van der Waals surface area contributed by atoms with Crippen LogP contribution in [0.4, 0.5) is 17.2 Å². The average molecular weight is 515 g/mol. The number of morpholine rings is 1. The number of aromatic nitrogens is 2. The van der Waals surface area contributed by atoms with Crippen molar-refractivity contribution in [3.8, 4) is 17.4 Å². The van der Waals surface area contributed by atoms with Gasteiger partial charge in [0.05, 0.1) is 20.3 Å². The summed E-state index contributed by atoms with van der Waals surface area (Å²) in [5, 5.41) is 8.00. The number of nitrogens with one attached hydrogen (secondary N) is 2. The monoisotopic (exact) mass is 514 g/mol. The molecule has 3 aromatic carbocycles. The van der Waals surface area contributed by atoms with Gasteiger partial charge in [0.2, 0.25) is 5.88 Å². The fraction of sp³-hybridized carbons (Fsp3) is 0.250. The maximum absolute atomic E-state index is 12.9. The first-order chi connectivity index (χ1) is 18.6. The minimum atomic E-state index is -0.179. The van der Waals surface area contributed by atoms with E-state index in [2.05, 4.69) is 25.5 Å². The average Bonchev–Trinajstić information content (AvgIpc) is 2.95. The number of methoxy groups -OCH3 is 1. The van der Waals surface area contributed by atoms with Gasteiger partial charge in [-0.1, -0.05) is 24.3 Å². The van der Waals surface area contributed by atoms with E-state index in [0.717, 1.165) is 43.6 Å². The van der Waals surface area contributed by atoms with Crippen LogP contribution in [0.5, 0.6) is 17.4 Å². The molecule has 4 aromatic rings. The van der Waals surface area contributed by atoms with Gasteiger partial charge in [-0.2, -0.15) is 0 Å². The first-order valence-electron chi connectivity index (χ1n) is 12.4. The maximum atomic E-state index is 12.9. The van der Waals surface area contributed by atoms with Gasteiger partial charge in [-0.15, -0.1) is 0 Å². The number of benzene rings is 3. The van der Waals surface area contributed by atoms with Crippen LogP contribution in [0.2, 0.25) is 0 Å². The normalized spacial score (nSPS) is 13.7. The van der Waals surface area contributed by atoms with Crippen LogP contribution in [0.25, 0.3) is 10.8 Å². The molecule has 4 N–H and O–H groups in total. The van der Waals surface area contributed by atoms with E-state index >= 15 is 0 Å². The molecule has 0 radical (unpaired) electrons. The van der Waals surface area contributed by atoms with Gasteiger partial charge in [0.25, 0.3) is 5.91 Å². The quantitative estimate of drug-likeness (QED) is 0.286. The second kappa shape index (κ2) is 11.8. The van der Waals surface area contributed by atoms with Crippen LogP contribution in [0.1, 0.15) is 10.4 Å². The molecule has 0 saturated carbocycles. The Kier molecular flexibility index (Phi) is 7.81. The molecule has 0 unspecified atom stereocenters. The summed E-state index contributed by atoms with van der Waals surface area (Å²) in [5.41, 5.74) is 7.91. The molecule has 10 heteroatoms. The first kappa shape index (κ1) is 25.2. The Bertz CT molecular complexity index is 1420. The first-order valence-corrected chi connectivity index (χ1v) is 12.4. The van der Waals surface area contributed by atoms with Gasteiger partial charge in [-0.25, -0.2) is 9.97 Å². The van der Waals surface area contributed by atoms with Crippen molar-refractivity contribution in [1.82, 2.24) is 20.2 Å². The lowest BCUT2D eigenvalue weighted by atomic mass is 10.1. The number of carbonyl (C=O) groups excluding carboxylic acids is 1. The predicted octanol–water partition coefficient (Wildman–Crippen LogP) is 3.82. The van der Waals surface area contributed by atoms with Gasteiger partial charge in [-0.3, -0.25) is 9.69 Å². The van der Waals surface area contributed by atoms with Crippen LogP contribution >= 0.6 is 0 Å². The van der Waals surface area contributed by atoms with Crippen molar-refractivity contribution in [2.75, 3.05) is 57.6 Å². The Labute approximate surface area is 220 Å². The fourth-order valence-corrected chi connectivity index (χ4v) is 4.28. The Morgan fingerprint density at radius 3 is 2.68 bits per heavy atom. The summed E-state index contributed by atoms with van der Waals surface area (Å²) in [6, 6.07) is 18.3. The smallest absolute Gasteiger partial charge is 0.251 e. The van der Waals surface area contributed by atoms with Gasteiger partial charge < -0.3 is 30.6 Å². The van der Waals surface area contributed by atoms with Crippen molar-refractivity contribution in [3.05, 3.63) is 72.6 Å². The van der Waals surface area contributed by atoms with E-state index in [1.807, 2.05) is 36.4 Å². The molecule has 196 valence electrons. The predicted molar refractivity (Wildman–Crippen MR) is 146 cm³/mol. The van der Waals surface area contributed by atoms with E-state index in [0.29, 0.717) is 46.7 Å². The van der Waals surface area contributed by atoms with Gasteiger partial charge in [0.1, 0.15) is 23.6 Å². The lowest BCUT2D eigenvalue weighted by Gasteiger charge is -2.26. The highest BCUT2D eigenvalue weighted by molar-refractivity contribution is 5.97. The number of nitrogen functional groups attached to an aromatic ring is 1. The summed E-state index contributed by atoms with van der Waals surface area (Å²) in [5.74, 6) is 1.87. The SMILES string of the molecule is COc1cc(Nc2cc(Oc3ccc(N)c4ccccc34)ncn2)cc(C(=O)NCCN2CCOCC2)c1. The molecule has 0 spiro atoms. The summed E-state index contributed by atoms with van der Waals surface area (Å²) in [6.07, 6.45) is 1.41. The molecular formula is C28H30N6O4. The molecule has 2 heterocycles. The molecule has 1 aliphatic heterocycles. The van der Waals surface area contributed by atoms with E-state index in [9.17, 15) is 4.79 Å². The number of hydrogen-bond acceptors (Lipinski definition) is 9. The molecule has 0 bridgehead atoms. The van der Waals surface area contributed by atoms with Crippen LogP contribution in [0, 0.1) is 0 Å². The highest BCUT2D eigenvalue weighted by atomic mass is 16.5. The number of nitrogens with two attached hydrogens (primary N) is 1. The van der Waals surface area contributed by atoms with Crippen molar-refractivity contribution in [2.24, 2.45) is 0 Å². The van der Waals surface area contributed by atoms with Crippen LogP contribution < -0.4 is 25.8 Å². The lowest BCUT2D eigenvalue weighted by molar-refractivity contribution is 0.0383. The highest BCUT2D eigenvalue weighted by Crippen LogP contribution is 2.33. The topological polar surface area (TPSA) is 124 Å². The number of ether oxygens (including phenoxy) is 3. The van der Waals surface area contributed by atoms with E-state index in [-0.39, 0.29) is 5.91 Å². The number of rotatable bonds is 9. The third-order valence-corrected chi connectivity index (χ3v) is 6.27. The highest BCUT2D eigenvalue weighted by Gasteiger charge is 2.13. The number of hydrogen-bond donors (Lipinski definition) is 3. The largest absolute Gasteiger partial charge is 0.497 e. The summed E-state index contributed by atoms with van der Waals surface area (Å²) in [6.45, 7) is 4.53. The summed E-state index contributed by atoms with van der Waals surface area (Å²) >= 11 is 0. The van der Waals surface area contributed by atoms with Crippen molar-refractivity contribution >= 4 is 33.9 Å². The number of fused-ring (bicyclic) bond motifs is 1. The van der Waals surface area contributed by atoms with Crippen molar-refractivity contribution < 1.29 is 19.0 Å². The molecule has 0 aliphatic carbocycles. The van der Waals surface area contributed by atoms with Crippen LogP contribution in [-0.4, -0.2) is 67.3 Å². The molecule has 0 atom stereocenters. The van der Waals surface area contributed by atoms with Crippen molar-refractivity contribution in [1.29, 1.82) is 0 Å². The number of amides is 1. The number of nitrogens with zero attached hydrogens (tertiary/aromatic N) is 3. The van der Waals surface area contributed by atoms with Crippen molar-refractivity contribution in [3.63, 3.8) is 0 Å². The number of carbonyl (C=O) groups is 1. The van der Waals surface area contributed by atoms with Crippen LogP contribution in [-0.2, 0) is 4.74 Å². The van der Waals surface area contributed by atoms with E-state index < -0.39 is 0 Å². The van der Waals surface area contributed by atoms with Gasteiger partial charge >= 0.3 is 0 Å². The second-order valence-electron chi connectivity index (χ2n) is 8.83. The third-order valence-electron chi connectivity index (χ3n) is 6.27. The van der Waals surface area contributed by atoms with Crippen molar-refractivity contribution in [2.45, 2.75) is 0 Å². The Morgan fingerprint density at radius 1 is 1.05 bits per heavy atom. The molecule has 1 aliphatic rings. The zero-order valence-electron chi connectivity index (χ0n) is 21.1. The molecular weight excluding hydrogens is 484 g/mol. The lowest BCUT2D eigenvalue weighted by Crippen LogP contribution is -2.41. The zero-order chi connectivity index (χ0) is 26.3. The van der Waals surface area contributed by atoms with Crippen LogP contribution in [0.3, 0.4) is 0 Å². The van der Waals surface area contributed by atoms with Gasteiger partial charge in [0.15, 0.2) is 0 Å². The van der Waals surface area contributed by atoms with Gasteiger partial charge in [-0.05, 0) is 24.3 Å². The number of anilines is 3. The minimum absolute atomic E-state index is 0.179.